The van der Waals surface area contributed by atoms with Crippen LogP contribution in [0.4, 0.5) is 0 Å². The lowest BCUT2D eigenvalue weighted by atomic mass is 9.95. The average molecular weight is 307 g/mol. The minimum absolute atomic E-state index is 0.312. The number of aliphatic hydroxyl groups excluding tert-OH is 1. The standard InChI is InChI=1S/C15H21N3O4/c1-3-11-13(19)14(12(17-18-16)15(20-2)22-11)21-9-10-7-5-4-6-8-10/h4-8,11-15,19H,3,9H2,1-2H3/t11?,12?,13-,14+,15+/m0/s1. The van der Waals surface area contributed by atoms with Gasteiger partial charge >= 0.3 is 0 Å². The minimum atomic E-state index is -0.879. The first kappa shape index (κ1) is 16.7. The Hall–Kier alpha value is -1.63. The van der Waals surface area contributed by atoms with E-state index in [0.29, 0.717) is 13.0 Å². The summed E-state index contributed by atoms with van der Waals surface area (Å²) in [5.74, 6) is 0. The van der Waals surface area contributed by atoms with E-state index in [1.165, 1.54) is 7.11 Å². The molecule has 1 heterocycles. The van der Waals surface area contributed by atoms with Gasteiger partial charge in [-0.2, -0.15) is 0 Å². The molecule has 2 rings (SSSR count). The molecule has 2 unspecified atom stereocenters. The fourth-order valence-corrected chi connectivity index (χ4v) is 2.58. The molecule has 0 radical (unpaired) electrons. The van der Waals surface area contributed by atoms with Crippen LogP contribution in [0.15, 0.2) is 35.4 Å². The number of aliphatic hydroxyl groups is 1. The second kappa shape index (κ2) is 8.12. The van der Waals surface area contributed by atoms with E-state index >= 15 is 0 Å². The van der Waals surface area contributed by atoms with E-state index in [9.17, 15) is 5.11 Å². The number of nitrogens with zero attached hydrogens (tertiary/aromatic N) is 3. The smallest absolute Gasteiger partial charge is 0.168 e. The highest BCUT2D eigenvalue weighted by atomic mass is 16.7. The maximum Gasteiger partial charge on any atom is 0.168 e. The largest absolute Gasteiger partial charge is 0.388 e. The van der Waals surface area contributed by atoms with Gasteiger partial charge in [0.1, 0.15) is 12.1 Å². The number of hydrogen-bond acceptors (Lipinski definition) is 5. The van der Waals surface area contributed by atoms with Gasteiger partial charge in [-0.05, 0) is 17.5 Å². The summed E-state index contributed by atoms with van der Waals surface area (Å²) in [6.45, 7) is 2.22. The first-order valence-corrected chi connectivity index (χ1v) is 7.27. The molecule has 0 spiro atoms. The lowest BCUT2D eigenvalue weighted by molar-refractivity contribution is -0.261. The van der Waals surface area contributed by atoms with Crippen LogP contribution in [0.1, 0.15) is 18.9 Å². The van der Waals surface area contributed by atoms with Gasteiger partial charge in [0, 0.05) is 12.0 Å². The van der Waals surface area contributed by atoms with Crippen LogP contribution >= 0.6 is 0 Å². The number of benzene rings is 1. The van der Waals surface area contributed by atoms with Crippen molar-refractivity contribution in [3.05, 3.63) is 46.3 Å². The molecular formula is C15H21N3O4. The first-order valence-electron chi connectivity index (χ1n) is 7.27. The molecule has 1 aromatic rings. The molecule has 0 amide bonds. The molecule has 0 bridgehead atoms. The molecule has 22 heavy (non-hydrogen) atoms. The van der Waals surface area contributed by atoms with E-state index in [0.717, 1.165) is 5.56 Å². The van der Waals surface area contributed by atoms with Crippen molar-refractivity contribution in [3.63, 3.8) is 0 Å². The number of ether oxygens (including phenoxy) is 3. The third-order valence-corrected chi connectivity index (χ3v) is 3.75. The Balaban J connectivity index is 2.15. The lowest BCUT2D eigenvalue weighted by Gasteiger charge is -2.42. The summed E-state index contributed by atoms with van der Waals surface area (Å²) in [4.78, 5) is 2.82. The van der Waals surface area contributed by atoms with E-state index in [4.69, 9.17) is 19.7 Å². The highest BCUT2D eigenvalue weighted by Crippen LogP contribution is 2.28. The van der Waals surface area contributed by atoms with Crippen LogP contribution < -0.4 is 0 Å². The second-order valence-corrected chi connectivity index (χ2v) is 5.13. The van der Waals surface area contributed by atoms with Gasteiger partial charge in [-0.3, -0.25) is 0 Å². The molecule has 1 aliphatic heterocycles. The summed E-state index contributed by atoms with van der Waals surface area (Å²) in [5, 5.41) is 14.1. The van der Waals surface area contributed by atoms with Gasteiger partial charge in [0.2, 0.25) is 0 Å². The average Bonchev–Trinajstić information content (AvgIpc) is 2.56. The van der Waals surface area contributed by atoms with E-state index in [1.54, 1.807) is 0 Å². The van der Waals surface area contributed by atoms with E-state index in [1.807, 2.05) is 37.3 Å². The molecule has 1 saturated heterocycles. The Morgan fingerprint density at radius 2 is 2.09 bits per heavy atom. The Bertz CT molecular complexity index is 507. The quantitative estimate of drug-likeness (QED) is 0.495. The van der Waals surface area contributed by atoms with Crippen molar-refractivity contribution in [3.8, 4) is 0 Å². The van der Waals surface area contributed by atoms with Crippen LogP contribution in [-0.2, 0) is 20.8 Å². The van der Waals surface area contributed by atoms with Crippen LogP contribution in [0.2, 0.25) is 0 Å². The van der Waals surface area contributed by atoms with Crippen molar-refractivity contribution in [1.29, 1.82) is 0 Å². The number of azide groups is 1. The maximum atomic E-state index is 10.4. The molecule has 1 N–H and O–H groups in total. The molecule has 5 atom stereocenters. The predicted octanol–water partition coefficient (Wildman–Crippen LogP) is 2.39. The zero-order valence-electron chi connectivity index (χ0n) is 12.7. The van der Waals surface area contributed by atoms with E-state index < -0.39 is 30.6 Å². The summed E-state index contributed by atoms with van der Waals surface area (Å²) in [7, 11) is 1.48. The highest BCUT2D eigenvalue weighted by molar-refractivity contribution is 5.13. The third-order valence-electron chi connectivity index (χ3n) is 3.75. The number of rotatable bonds is 6. The Morgan fingerprint density at radius 1 is 1.36 bits per heavy atom. The third kappa shape index (κ3) is 3.76. The van der Waals surface area contributed by atoms with Gasteiger partial charge in [-0.15, -0.1) is 0 Å². The van der Waals surface area contributed by atoms with Gasteiger partial charge in [0.05, 0.1) is 18.8 Å². The van der Waals surface area contributed by atoms with Crippen molar-refractivity contribution in [2.24, 2.45) is 5.11 Å². The summed E-state index contributed by atoms with van der Waals surface area (Å²) in [5.41, 5.74) is 9.73. The predicted molar refractivity (Wildman–Crippen MR) is 79.9 cm³/mol. The monoisotopic (exact) mass is 307 g/mol. The van der Waals surface area contributed by atoms with Crippen LogP contribution in [-0.4, -0.2) is 42.9 Å². The lowest BCUT2D eigenvalue weighted by Crippen LogP contribution is -2.57. The molecule has 120 valence electrons. The van der Waals surface area contributed by atoms with Gasteiger partial charge in [-0.25, -0.2) is 0 Å². The molecule has 0 aliphatic carbocycles. The Kier molecular flexibility index (Phi) is 6.18. The SMILES string of the molecule is CCC1O[C@@H](OC)C(N=[N+]=[N-])[C@@H](OCc2ccccc2)[C@H]1O. The molecule has 1 aromatic carbocycles. The number of hydrogen-bond donors (Lipinski definition) is 1. The first-order chi connectivity index (χ1) is 10.7. The summed E-state index contributed by atoms with van der Waals surface area (Å²) in [6, 6.07) is 8.87. The van der Waals surface area contributed by atoms with E-state index in [-0.39, 0.29) is 0 Å². The zero-order chi connectivity index (χ0) is 15.9. The van der Waals surface area contributed by atoms with Gasteiger partial charge < -0.3 is 19.3 Å². The van der Waals surface area contributed by atoms with Crippen LogP contribution in [0.3, 0.4) is 0 Å². The molecule has 0 aromatic heterocycles. The fraction of sp³-hybridized carbons (Fsp3) is 0.600. The Morgan fingerprint density at radius 3 is 2.68 bits per heavy atom. The summed E-state index contributed by atoms with van der Waals surface area (Å²) >= 11 is 0. The van der Waals surface area contributed by atoms with Crippen molar-refractivity contribution in [2.75, 3.05) is 7.11 Å². The molecule has 1 fully saturated rings. The van der Waals surface area contributed by atoms with Crippen LogP contribution in [0.25, 0.3) is 10.4 Å². The van der Waals surface area contributed by atoms with E-state index in [2.05, 4.69) is 10.0 Å². The maximum absolute atomic E-state index is 10.4. The molecule has 7 heteroatoms. The highest BCUT2D eigenvalue weighted by Gasteiger charge is 2.45. The Labute approximate surface area is 129 Å². The molecule has 1 aliphatic rings. The fourth-order valence-electron chi connectivity index (χ4n) is 2.58. The van der Waals surface area contributed by atoms with Crippen molar-refractivity contribution >= 4 is 0 Å². The topological polar surface area (TPSA) is 96.7 Å². The second-order valence-electron chi connectivity index (χ2n) is 5.13. The van der Waals surface area contributed by atoms with Gasteiger partial charge in [0.25, 0.3) is 0 Å². The number of methoxy groups -OCH3 is 1. The molecular weight excluding hydrogens is 286 g/mol. The molecule has 7 nitrogen and oxygen atoms in total. The van der Waals surface area contributed by atoms with Crippen LogP contribution in [0.5, 0.6) is 0 Å². The van der Waals surface area contributed by atoms with Crippen molar-refractivity contribution in [1.82, 2.24) is 0 Å². The van der Waals surface area contributed by atoms with Gasteiger partial charge in [-0.1, -0.05) is 42.4 Å². The summed E-state index contributed by atoms with van der Waals surface area (Å²) < 4.78 is 16.7. The summed E-state index contributed by atoms with van der Waals surface area (Å²) in [6.07, 6.45) is -2.11. The molecule has 0 saturated carbocycles. The van der Waals surface area contributed by atoms with Crippen molar-refractivity contribution < 1.29 is 19.3 Å². The van der Waals surface area contributed by atoms with Crippen molar-refractivity contribution in [2.45, 2.75) is 50.6 Å². The minimum Gasteiger partial charge on any atom is -0.388 e. The normalized spacial score (nSPS) is 31.5. The zero-order valence-corrected chi connectivity index (χ0v) is 12.7. The van der Waals surface area contributed by atoms with Crippen LogP contribution in [0, 0.1) is 0 Å². The van der Waals surface area contributed by atoms with Gasteiger partial charge in [0.15, 0.2) is 6.29 Å².